The molecule has 0 unspecified atom stereocenters. The second-order valence-electron chi connectivity index (χ2n) is 8.36. The molecule has 4 heteroatoms. The number of rotatable bonds is 12. The summed E-state index contributed by atoms with van der Waals surface area (Å²) in [5.74, 6) is 0.160. The standard InChI is InChI=1S/C22H40N2O.ClH/c1-19(2)11-8-12-20(3)13-9-14-21(4)15-10-16-22(25)23-17-18-24(5,6)7;/h11,13,15H,8-10,12,14,16-18H2,1-7H3;1H. The highest BCUT2D eigenvalue weighted by molar-refractivity contribution is 5.75. The van der Waals surface area contributed by atoms with E-state index in [2.05, 4.69) is 72.4 Å². The molecule has 1 amide bonds. The van der Waals surface area contributed by atoms with Gasteiger partial charge in [-0.3, -0.25) is 4.79 Å². The lowest BCUT2D eigenvalue weighted by Crippen LogP contribution is -3.00. The summed E-state index contributed by atoms with van der Waals surface area (Å²) in [6, 6.07) is 0. The van der Waals surface area contributed by atoms with E-state index in [-0.39, 0.29) is 18.3 Å². The SMILES string of the molecule is CC(C)=CCCC(C)=CCCC(C)=CCCC(=O)NCC[N+](C)(C)C.[Cl-]. The maximum Gasteiger partial charge on any atom is 0.220 e. The molecular weight excluding hydrogens is 344 g/mol. The van der Waals surface area contributed by atoms with E-state index in [0.717, 1.165) is 49.7 Å². The van der Waals surface area contributed by atoms with Crippen molar-refractivity contribution in [2.24, 2.45) is 0 Å². The minimum atomic E-state index is 0. The predicted molar refractivity (Wildman–Crippen MR) is 111 cm³/mol. The van der Waals surface area contributed by atoms with Crippen molar-refractivity contribution >= 4 is 5.91 Å². The first-order valence-electron chi connectivity index (χ1n) is 9.62. The van der Waals surface area contributed by atoms with Gasteiger partial charge in [0, 0.05) is 6.42 Å². The highest BCUT2D eigenvalue weighted by atomic mass is 35.5. The average molecular weight is 385 g/mol. The molecule has 0 heterocycles. The van der Waals surface area contributed by atoms with Gasteiger partial charge in [-0.1, -0.05) is 34.9 Å². The Kier molecular flexibility index (Phi) is 15.7. The summed E-state index contributed by atoms with van der Waals surface area (Å²) in [7, 11) is 6.40. The van der Waals surface area contributed by atoms with Crippen LogP contribution in [0.2, 0.25) is 0 Å². The van der Waals surface area contributed by atoms with E-state index >= 15 is 0 Å². The highest BCUT2D eigenvalue weighted by Crippen LogP contribution is 2.12. The lowest BCUT2D eigenvalue weighted by molar-refractivity contribution is -0.869. The van der Waals surface area contributed by atoms with Crippen molar-refractivity contribution in [1.29, 1.82) is 0 Å². The summed E-state index contributed by atoms with van der Waals surface area (Å²) in [5.41, 5.74) is 4.25. The number of quaternary nitrogens is 1. The van der Waals surface area contributed by atoms with Gasteiger partial charge < -0.3 is 22.2 Å². The van der Waals surface area contributed by atoms with Gasteiger partial charge in [0.1, 0.15) is 0 Å². The first-order chi connectivity index (χ1) is 11.6. The van der Waals surface area contributed by atoms with Crippen LogP contribution in [-0.4, -0.2) is 44.6 Å². The second-order valence-corrected chi connectivity index (χ2v) is 8.36. The van der Waals surface area contributed by atoms with Crippen LogP contribution < -0.4 is 17.7 Å². The minimum Gasteiger partial charge on any atom is -1.00 e. The first kappa shape index (κ1) is 27.2. The van der Waals surface area contributed by atoms with E-state index in [1.165, 1.54) is 16.7 Å². The second kappa shape index (κ2) is 15.0. The van der Waals surface area contributed by atoms with Gasteiger partial charge in [-0.25, -0.2) is 0 Å². The molecular formula is C22H41ClN2O. The third-order valence-corrected chi connectivity index (χ3v) is 4.09. The van der Waals surface area contributed by atoms with Crippen LogP contribution in [0.1, 0.15) is 66.2 Å². The Labute approximate surface area is 168 Å². The maximum atomic E-state index is 11.8. The van der Waals surface area contributed by atoms with Crippen molar-refractivity contribution in [3.05, 3.63) is 34.9 Å². The number of hydrogen-bond acceptors (Lipinski definition) is 1. The third-order valence-electron chi connectivity index (χ3n) is 4.09. The number of carbonyl (C=O) groups excluding carboxylic acids is 1. The molecule has 26 heavy (non-hydrogen) atoms. The molecule has 0 aromatic heterocycles. The number of carbonyl (C=O) groups is 1. The summed E-state index contributed by atoms with van der Waals surface area (Å²) >= 11 is 0. The fourth-order valence-electron chi connectivity index (χ4n) is 2.41. The zero-order chi connectivity index (χ0) is 19.3. The number of halogens is 1. The molecule has 0 atom stereocenters. The lowest BCUT2D eigenvalue weighted by atomic mass is 10.1. The van der Waals surface area contributed by atoms with E-state index in [0.29, 0.717) is 6.42 Å². The van der Waals surface area contributed by atoms with Gasteiger partial charge in [0.25, 0.3) is 0 Å². The number of nitrogens with one attached hydrogen (secondary N) is 1. The fraction of sp³-hybridized carbons (Fsp3) is 0.682. The molecule has 0 aromatic carbocycles. The minimum absolute atomic E-state index is 0. The molecule has 0 aliphatic rings. The smallest absolute Gasteiger partial charge is 0.220 e. The molecule has 1 N–H and O–H groups in total. The molecule has 0 fully saturated rings. The summed E-state index contributed by atoms with van der Waals surface area (Å²) < 4.78 is 0.876. The number of amides is 1. The molecule has 0 saturated carbocycles. The van der Waals surface area contributed by atoms with Gasteiger partial charge in [-0.15, -0.1) is 0 Å². The van der Waals surface area contributed by atoms with Crippen LogP contribution in [0.5, 0.6) is 0 Å². The van der Waals surface area contributed by atoms with Gasteiger partial charge in [0.05, 0.1) is 34.2 Å². The molecule has 0 saturated heterocycles. The topological polar surface area (TPSA) is 29.1 Å². The Balaban J connectivity index is 0. The van der Waals surface area contributed by atoms with Crippen molar-refractivity contribution in [2.75, 3.05) is 34.2 Å². The molecule has 0 bridgehead atoms. The Bertz CT molecular complexity index is 481. The van der Waals surface area contributed by atoms with Gasteiger partial charge in [0.2, 0.25) is 5.91 Å². The van der Waals surface area contributed by atoms with Crippen LogP contribution in [0.4, 0.5) is 0 Å². The average Bonchev–Trinajstić information content (AvgIpc) is 2.45. The molecule has 0 aliphatic carbocycles. The predicted octanol–water partition coefficient (Wildman–Crippen LogP) is 2.01. The monoisotopic (exact) mass is 384 g/mol. The van der Waals surface area contributed by atoms with Crippen LogP contribution in [0.3, 0.4) is 0 Å². The van der Waals surface area contributed by atoms with E-state index in [1.807, 2.05) is 0 Å². The zero-order valence-electron chi connectivity index (χ0n) is 18.1. The first-order valence-corrected chi connectivity index (χ1v) is 9.62. The van der Waals surface area contributed by atoms with E-state index in [1.54, 1.807) is 0 Å². The Morgan fingerprint density at radius 3 is 1.73 bits per heavy atom. The molecule has 3 nitrogen and oxygen atoms in total. The molecule has 0 aliphatic heterocycles. The van der Waals surface area contributed by atoms with Crippen molar-refractivity contribution in [1.82, 2.24) is 5.32 Å². The van der Waals surface area contributed by atoms with Crippen LogP contribution in [0.15, 0.2) is 34.9 Å². The number of nitrogens with zero attached hydrogens (tertiary/aromatic N) is 1. The number of hydrogen-bond donors (Lipinski definition) is 1. The van der Waals surface area contributed by atoms with Gasteiger partial charge >= 0.3 is 0 Å². The molecule has 0 spiro atoms. The van der Waals surface area contributed by atoms with Crippen molar-refractivity contribution in [2.45, 2.75) is 66.2 Å². The van der Waals surface area contributed by atoms with E-state index in [9.17, 15) is 4.79 Å². The number of allylic oxidation sites excluding steroid dienone is 6. The van der Waals surface area contributed by atoms with Crippen LogP contribution in [0, 0.1) is 0 Å². The lowest BCUT2D eigenvalue weighted by Gasteiger charge is -2.23. The van der Waals surface area contributed by atoms with Crippen molar-refractivity contribution in [3.8, 4) is 0 Å². The normalized spacial score (nSPS) is 12.4. The molecule has 0 radical (unpaired) electrons. The summed E-state index contributed by atoms with van der Waals surface area (Å²) in [6.45, 7) is 10.4. The van der Waals surface area contributed by atoms with Crippen molar-refractivity contribution in [3.63, 3.8) is 0 Å². The number of likely N-dealkylation sites (N-methyl/N-ethyl adjacent to an activating group) is 1. The van der Waals surface area contributed by atoms with Gasteiger partial charge in [-0.2, -0.15) is 0 Å². The van der Waals surface area contributed by atoms with Crippen LogP contribution >= 0.6 is 0 Å². The Hall–Kier alpha value is -1.06. The molecule has 0 aromatic rings. The summed E-state index contributed by atoms with van der Waals surface area (Å²) in [4.78, 5) is 11.8. The zero-order valence-corrected chi connectivity index (χ0v) is 18.9. The molecule has 0 rings (SSSR count). The highest BCUT2D eigenvalue weighted by Gasteiger charge is 2.07. The Morgan fingerprint density at radius 2 is 1.27 bits per heavy atom. The van der Waals surface area contributed by atoms with Gasteiger partial charge in [0.15, 0.2) is 0 Å². The van der Waals surface area contributed by atoms with Gasteiger partial charge in [-0.05, 0) is 59.8 Å². The largest absolute Gasteiger partial charge is 1.00 e. The van der Waals surface area contributed by atoms with Crippen molar-refractivity contribution < 1.29 is 21.7 Å². The summed E-state index contributed by atoms with van der Waals surface area (Å²) in [5, 5.41) is 3.00. The quantitative estimate of drug-likeness (QED) is 0.404. The molecule has 152 valence electrons. The van der Waals surface area contributed by atoms with Crippen LogP contribution in [-0.2, 0) is 4.79 Å². The van der Waals surface area contributed by atoms with Crippen LogP contribution in [0.25, 0.3) is 0 Å². The maximum absolute atomic E-state index is 11.8. The Morgan fingerprint density at radius 1 is 0.808 bits per heavy atom. The van der Waals surface area contributed by atoms with E-state index < -0.39 is 0 Å². The van der Waals surface area contributed by atoms with E-state index in [4.69, 9.17) is 0 Å². The fourth-order valence-corrected chi connectivity index (χ4v) is 2.41. The third kappa shape index (κ3) is 19.3. The summed E-state index contributed by atoms with van der Waals surface area (Å²) in [6.07, 6.45) is 12.8.